The second-order valence-electron chi connectivity index (χ2n) is 4.67. The molecule has 1 aromatic rings. The standard InChI is InChI=1S/C14H23N3OS2/c1-4-11-13(20-7-6-19-11)14-16-10(9-18-3)8-12(17-14)15-5-2/h8,11,13H,4-7,9H2,1-3H3,(H,15,16,17). The van der Waals surface area contributed by atoms with Crippen molar-refractivity contribution in [3.63, 3.8) is 0 Å². The summed E-state index contributed by atoms with van der Waals surface area (Å²) in [5.41, 5.74) is 0.958. The van der Waals surface area contributed by atoms with Crippen LogP contribution in [-0.4, -0.2) is 40.4 Å². The molecule has 2 heterocycles. The highest BCUT2D eigenvalue weighted by Crippen LogP contribution is 2.43. The predicted octanol–water partition coefficient (Wildman–Crippen LogP) is 3.35. The van der Waals surface area contributed by atoms with E-state index in [1.165, 1.54) is 11.5 Å². The molecule has 1 fully saturated rings. The van der Waals surface area contributed by atoms with Gasteiger partial charge in [-0.05, 0) is 13.3 Å². The molecule has 112 valence electrons. The molecule has 20 heavy (non-hydrogen) atoms. The first-order valence-corrected chi connectivity index (χ1v) is 9.22. The van der Waals surface area contributed by atoms with E-state index in [1.807, 2.05) is 17.8 Å². The minimum atomic E-state index is 0.396. The summed E-state index contributed by atoms with van der Waals surface area (Å²) in [6.45, 7) is 5.74. The van der Waals surface area contributed by atoms with E-state index in [0.717, 1.165) is 30.3 Å². The van der Waals surface area contributed by atoms with Gasteiger partial charge in [-0.15, -0.1) is 11.8 Å². The van der Waals surface area contributed by atoms with Crippen molar-refractivity contribution in [1.29, 1.82) is 0 Å². The molecule has 1 aliphatic rings. The minimum Gasteiger partial charge on any atom is -0.378 e. The van der Waals surface area contributed by atoms with E-state index in [0.29, 0.717) is 17.1 Å². The summed E-state index contributed by atoms with van der Waals surface area (Å²) in [7, 11) is 1.70. The molecule has 0 aromatic carbocycles. The summed E-state index contributed by atoms with van der Waals surface area (Å²) < 4.78 is 5.23. The Morgan fingerprint density at radius 2 is 2.10 bits per heavy atom. The average Bonchev–Trinajstić information content (AvgIpc) is 2.47. The zero-order valence-corrected chi connectivity index (χ0v) is 14.0. The Morgan fingerprint density at radius 1 is 1.30 bits per heavy atom. The zero-order chi connectivity index (χ0) is 14.4. The average molecular weight is 313 g/mol. The lowest BCUT2D eigenvalue weighted by atomic mass is 10.2. The highest BCUT2D eigenvalue weighted by molar-refractivity contribution is 8.06. The Hall–Kier alpha value is -0.460. The Bertz CT molecular complexity index is 407. The fourth-order valence-corrected chi connectivity index (χ4v) is 5.27. The van der Waals surface area contributed by atoms with Gasteiger partial charge >= 0.3 is 0 Å². The summed E-state index contributed by atoms with van der Waals surface area (Å²) in [6.07, 6.45) is 1.16. The van der Waals surface area contributed by atoms with Crippen molar-refractivity contribution in [3.8, 4) is 0 Å². The van der Waals surface area contributed by atoms with Crippen molar-refractivity contribution in [1.82, 2.24) is 9.97 Å². The van der Waals surface area contributed by atoms with Crippen LogP contribution < -0.4 is 5.32 Å². The van der Waals surface area contributed by atoms with E-state index in [1.54, 1.807) is 7.11 Å². The minimum absolute atomic E-state index is 0.396. The number of hydrogen-bond donors (Lipinski definition) is 1. The fourth-order valence-electron chi connectivity index (χ4n) is 2.28. The maximum absolute atomic E-state index is 5.23. The van der Waals surface area contributed by atoms with Crippen LogP contribution in [0.25, 0.3) is 0 Å². The molecule has 0 radical (unpaired) electrons. The van der Waals surface area contributed by atoms with Crippen molar-refractivity contribution in [2.45, 2.75) is 37.4 Å². The van der Waals surface area contributed by atoms with E-state index in [9.17, 15) is 0 Å². The molecule has 2 unspecified atom stereocenters. The maximum atomic E-state index is 5.23. The summed E-state index contributed by atoms with van der Waals surface area (Å²) in [6, 6.07) is 1.98. The summed E-state index contributed by atoms with van der Waals surface area (Å²) in [4.78, 5) is 9.43. The van der Waals surface area contributed by atoms with E-state index < -0.39 is 0 Å². The second-order valence-corrected chi connectivity index (χ2v) is 7.27. The van der Waals surface area contributed by atoms with Gasteiger partial charge in [-0.25, -0.2) is 9.97 Å². The Kier molecular flexibility index (Phi) is 6.45. The molecule has 1 saturated heterocycles. The summed E-state index contributed by atoms with van der Waals surface area (Å²) in [5, 5.41) is 4.30. The van der Waals surface area contributed by atoms with Crippen LogP contribution >= 0.6 is 23.5 Å². The molecule has 6 heteroatoms. The first kappa shape index (κ1) is 15.9. The van der Waals surface area contributed by atoms with Crippen molar-refractivity contribution >= 4 is 29.3 Å². The molecule has 2 rings (SSSR count). The number of aromatic nitrogens is 2. The van der Waals surface area contributed by atoms with Gasteiger partial charge in [0.2, 0.25) is 0 Å². The summed E-state index contributed by atoms with van der Waals surface area (Å²) in [5.74, 6) is 4.28. The van der Waals surface area contributed by atoms with Crippen LogP contribution in [-0.2, 0) is 11.3 Å². The van der Waals surface area contributed by atoms with E-state index in [2.05, 4.69) is 30.9 Å². The number of rotatable bonds is 6. The van der Waals surface area contributed by atoms with Gasteiger partial charge < -0.3 is 10.1 Å². The molecular weight excluding hydrogens is 290 g/mol. The third-order valence-electron chi connectivity index (χ3n) is 3.15. The van der Waals surface area contributed by atoms with Gasteiger partial charge in [-0.3, -0.25) is 0 Å². The van der Waals surface area contributed by atoms with Crippen LogP contribution in [0.2, 0.25) is 0 Å². The number of ether oxygens (including phenoxy) is 1. The molecule has 1 N–H and O–H groups in total. The van der Waals surface area contributed by atoms with Gasteiger partial charge in [0.1, 0.15) is 11.6 Å². The number of hydrogen-bond acceptors (Lipinski definition) is 6. The van der Waals surface area contributed by atoms with Gasteiger partial charge in [0.05, 0.1) is 17.6 Å². The molecule has 4 nitrogen and oxygen atoms in total. The first-order chi connectivity index (χ1) is 9.78. The van der Waals surface area contributed by atoms with E-state index in [4.69, 9.17) is 14.7 Å². The quantitative estimate of drug-likeness (QED) is 0.869. The van der Waals surface area contributed by atoms with Crippen LogP contribution in [0.4, 0.5) is 5.82 Å². The molecule has 1 aliphatic heterocycles. The number of nitrogens with one attached hydrogen (secondary N) is 1. The number of anilines is 1. The Morgan fingerprint density at radius 3 is 2.80 bits per heavy atom. The first-order valence-electron chi connectivity index (χ1n) is 7.12. The molecular formula is C14H23N3OS2. The topological polar surface area (TPSA) is 47.0 Å². The second kappa shape index (κ2) is 8.10. The Balaban J connectivity index is 2.27. The fraction of sp³-hybridized carbons (Fsp3) is 0.714. The van der Waals surface area contributed by atoms with Crippen molar-refractivity contribution in [2.24, 2.45) is 0 Å². The largest absolute Gasteiger partial charge is 0.378 e. The van der Waals surface area contributed by atoms with Crippen molar-refractivity contribution in [3.05, 3.63) is 17.6 Å². The van der Waals surface area contributed by atoms with E-state index >= 15 is 0 Å². The van der Waals surface area contributed by atoms with Crippen LogP contribution in [0.1, 0.15) is 37.0 Å². The van der Waals surface area contributed by atoms with Gasteiger partial charge in [0.15, 0.2) is 0 Å². The molecule has 2 atom stereocenters. The van der Waals surface area contributed by atoms with Crippen LogP contribution in [0.3, 0.4) is 0 Å². The maximum Gasteiger partial charge on any atom is 0.145 e. The Labute approximate surface area is 129 Å². The van der Waals surface area contributed by atoms with Gasteiger partial charge in [0, 0.05) is 36.5 Å². The van der Waals surface area contributed by atoms with Crippen LogP contribution in [0.15, 0.2) is 6.07 Å². The van der Waals surface area contributed by atoms with Gasteiger partial charge in [-0.2, -0.15) is 11.8 Å². The lowest BCUT2D eigenvalue weighted by Crippen LogP contribution is -2.21. The van der Waals surface area contributed by atoms with Gasteiger partial charge in [-0.1, -0.05) is 6.92 Å². The normalized spacial score (nSPS) is 22.8. The molecule has 0 amide bonds. The highest BCUT2D eigenvalue weighted by Gasteiger charge is 2.29. The smallest absolute Gasteiger partial charge is 0.145 e. The van der Waals surface area contributed by atoms with E-state index in [-0.39, 0.29) is 0 Å². The SMILES string of the molecule is CCNc1cc(COC)nc(C2SCCSC2CC)n1. The number of methoxy groups -OCH3 is 1. The van der Waals surface area contributed by atoms with Crippen molar-refractivity contribution in [2.75, 3.05) is 30.5 Å². The molecule has 0 saturated carbocycles. The van der Waals surface area contributed by atoms with Crippen LogP contribution in [0, 0.1) is 0 Å². The highest BCUT2D eigenvalue weighted by atomic mass is 32.2. The van der Waals surface area contributed by atoms with Crippen molar-refractivity contribution < 1.29 is 4.74 Å². The molecule has 0 aliphatic carbocycles. The molecule has 0 spiro atoms. The van der Waals surface area contributed by atoms with Gasteiger partial charge in [0.25, 0.3) is 0 Å². The lowest BCUT2D eigenvalue weighted by molar-refractivity contribution is 0.181. The number of thioether (sulfide) groups is 2. The molecule has 0 bridgehead atoms. The summed E-state index contributed by atoms with van der Waals surface area (Å²) >= 11 is 4.04. The third kappa shape index (κ3) is 4.02. The monoisotopic (exact) mass is 313 g/mol. The number of nitrogens with zero attached hydrogens (tertiary/aromatic N) is 2. The van der Waals surface area contributed by atoms with Crippen LogP contribution in [0.5, 0.6) is 0 Å². The third-order valence-corrected chi connectivity index (χ3v) is 6.40. The molecule has 1 aromatic heterocycles. The lowest BCUT2D eigenvalue weighted by Gasteiger charge is -2.29. The zero-order valence-electron chi connectivity index (χ0n) is 12.4. The predicted molar refractivity (Wildman–Crippen MR) is 88.6 cm³/mol.